The van der Waals surface area contributed by atoms with Gasteiger partial charge in [0.2, 0.25) is 0 Å². The molecule has 3 rings (SSSR count). The second-order valence-electron chi connectivity index (χ2n) is 5.23. The van der Waals surface area contributed by atoms with Gasteiger partial charge in [0.05, 0.1) is 17.7 Å². The summed E-state index contributed by atoms with van der Waals surface area (Å²) >= 11 is 6.65. The highest BCUT2D eigenvalue weighted by Crippen LogP contribution is 2.38. The molecule has 0 atom stereocenters. The summed E-state index contributed by atoms with van der Waals surface area (Å²) in [5.74, 6) is 0.270. The van der Waals surface area contributed by atoms with Crippen LogP contribution in [0.15, 0.2) is 47.4 Å². The van der Waals surface area contributed by atoms with Crippen LogP contribution in [0.3, 0.4) is 0 Å². The number of anilines is 1. The first-order chi connectivity index (χ1) is 11.5. The zero-order valence-electron chi connectivity index (χ0n) is 13.1. The van der Waals surface area contributed by atoms with E-state index in [4.69, 9.17) is 17.0 Å². The molecule has 1 saturated heterocycles. The van der Waals surface area contributed by atoms with Gasteiger partial charge in [0.1, 0.15) is 0 Å². The van der Waals surface area contributed by atoms with Crippen molar-refractivity contribution in [1.29, 1.82) is 0 Å². The molecular weight excluding hydrogens is 342 g/mol. The van der Waals surface area contributed by atoms with E-state index >= 15 is 0 Å². The van der Waals surface area contributed by atoms with Crippen molar-refractivity contribution in [2.45, 2.75) is 6.92 Å². The fourth-order valence-electron chi connectivity index (χ4n) is 2.43. The van der Waals surface area contributed by atoms with Gasteiger partial charge in [-0.25, -0.2) is 0 Å². The number of thiocarbonyl (C=S) groups is 1. The normalized spacial score (nSPS) is 16.1. The molecule has 0 saturated carbocycles. The van der Waals surface area contributed by atoms with Crippen LogP contribution in [0, 0.1) is 6.92 Å². The Hall–Kier alpha value is -2.31. The second-order valence-corrected chi connectivity index (χ2v) is 6.91. The third-order valence-corrected chi connectivity index (χ3v) is 4.95. The number of ether oxygens (including phenoxy) is 1. The van der Waals surface area contributed by atoms with Crippen molar-refractivity contribution >= 4 is 46.0 Å². The minimum absolute atomic E-state index is 0.0575. The summed E-state index contributed by atoms with van der Waals surface area (Å²) in [7, 11) is 1.48. The molecule has 0 bridgehead atoms. The molecule has 1 fully saturated rings. The average Bonchev–Trinajstić information content (AvgIpc) is 2.84. The third kappa shape index (κ3) is 3.02. The number of aryl methyl sites for hydroxylation is 1. The summed E-state index contributed by atoms with van der Waals surface area (Å²) < 4.78 is 5.60. The van der Waals surface area contributed by atoms with Crippen LogP contribution in [0.2, 0.25) is 0 Å². The zero-order valence-corrected chi connectivity index (χ0v) is 14.8. The molecule has 1 N–H and O–H groups in total. The summed E-state index contributed by atoms with van der Waals surface area (Å²) in [6, 6.07) is 12.6. The van der Waals surface area contributed by atoms with Gasteiger partial charge < -0.3 is 9.84 Å². The van der Waals surface area contributed by atoms with Crippen LogP contribution in [0.5, 0.6) is 11.5 Å². The SMILES string of the molecule is COc1cc(/C=C2\SC(=S)N(c3ccccc3C)C2=O)ccc1O. The van der Waals surface area contributed by atoms with Crippen molar-refractivity contribution in [3.63, 3.8) is 0 Å². The van der Waals surface area contributed by atoms with E-state index in [0.29, 0.717) is 15.0 Å². The summed E-state index contributed by atoms with van der Waals surface area (Å²) in [5.41, 5.74) is 2.54. The first-order valence-corrected chi connectivity index (χ1v) is 8.44. The van der Waals surface area contributed by atoms with E-state index in [1.807, 2.05) is 31.2 Å². The van der Waals surface area contributed by atoms with E-state index < -0.39 is 0 Å². The summed E-state index contributed by atoms with van der Waals surface area (Å²) in [4.78, 5) is 14.9. The second kappa shape index (κ2) is 6.67. The number of benzene rings is 2. The number of thioether (sulfide) groups is 1. The molecule has 1 aliphatic rings. The number of methoxy groups -OCH3 is 1. The molecule has 1 aliphatic heterocycles. The number of hydrogen-bond donors (Lipinski definition) is 1. The van der Waals surface area contributed by atoms with Gasteiger partial charge in [-0.15, -0.1) is 0 Å². The molecule has 0 unspecified atom stereocenters. The number of amides is 1. The van der Waals surface area contributed by atoms with Crippen LogP contribution in [0.1, 0.15) is 11.1 Å². The topological polar surface area (TPSA) is 49.8 Å². The maximum Gasteiger partial charge on any atom is 0.270 e. The van der Waals surface area contributed by atoms with Gasteiger partial charge in [-0.3, -0.25) is 9.69 Å². The fraction of sp³-hybridized carbons (Fsp3) is 0.111. The predicted molar refractivity (Wildman–Crippen MR) is 101 cm³/mol. The van der Waals surface area contributed by atoms with E-state index in [2.05, 4.69) is 0 Å². The Labute approximate surface area is 149 Å². The number of phenolic OH excluding ortho intramolecular Hbond substituents is 1. The van der Waals surface area contributed by atoms with Crippen LogP contribution in [-0.2, 0) is 4.79 Å². The Bertz CT molecular complexity index is 861. The third-order valence-electron chi connectivity index (χ3n) is 3.65. The Kier molecular flexibility index (Phi) is 4.59. The van der Waals surface area contributed by atoms with E-state index in [0.717, 1.165) is 16.8 Å². The Morgan fingerprint density at radius 1 is 1.25 bits per heavy atom. The number of rotatable bonds is 3. The van der Waals surface area contributed by atoms with Crippen molar-refractivity contribution in [2.24, 2.45) is 0 Å². The summed E-state index contributed by atoms with van der Waals surface area (Å²) in [5, 5.41) is 9.66. The Morgan fingerprint density at radius 3 is 2.71 bits per heavy atom. The lowest BCUT2D eigenvalue weighted by Crippen LogP contribution is -2.28. The van der Waals surface area contributed by atoms with Crippen LogP contribution in [0.4, 0.5) is 5.69 Å². The standard InChI is InChI=1S/C18H15NO3S2/c1-11-5-3-4-6-13(11)19-17(21)16(24-18(19)23)10-12-7-8-14(20)15(9-12)22-2/h3-10,20H,1-2H3/b16-10-. The average molecular weight is 357 g/mol. The molecule has 0 aromatic heterocycles. The van der Waals surface area contributed by atoms with Gasteiger partial charge >= 0.3 is 0 Å². The smallest absolute Gasteiger partial charge is 0.270 e. The largest absolute Gasteiger partial charge is 0.504 e. The molecule has 0 spiro atoms. The van der Waals surface area contributed by atoms with Crippen LogP contribution >= 0.6 is 24.0 Å². The predicted octanol–water partition coefficient (Wildman–Crippen LogP) is 4.12. The summed E-state index contributed by atoms with van der Waals surface area (Å²) in [6.07, 6.45) is 1.75. The van der Waals surface area contributed by atoms with Gasteiger partial charge in [0, 0.05) is 0 Å². The van der Waals surface area contributed by atoms with Crippen molar-refractivity contribution in [1.82, 2.24) is 0 Å². The first-order valence-electron chi connectivity index (χ1n) is 7.22. The van der Waals surface area contributed by atoms with Crippen molar-refractivity contribution in [2.75, 3.05) is 12.0 Å². The highest BCUT2D eigenvalue weighted by Gasteiger charge is 2.33. The van der Waals surface area contributed by atoms with Crippen LogP contribution in [-0.4, -0.2) is 22.4 Å². The van der Waals surface area contributed by atoms with Gasteiger partial charge in [-0.2, -0.15) is 0 Å². The van der Waals surface area contributed by atoms with Crippen molar-refractivity contribution in [3.8, 4) is 11.5 Å². The van der Waals surface area contributed by atoms with Gasteiger partial charge in [0.25, 0.3) is 5.91 Å². The molecule has 122 valence electrons. The molecular formula is C18H15NO3S2. The maximum atomic E-state index is 12.8. The van der Waals surface area contributed by atoms with E-state index in [1.54, 1.807) is 23.1 Å². The Balaban J connectivity index is 1.96. The highest BCUT2D eigenvalue weighted by molar-refractivity contribution is 8.27. The number of carbonyl (C=O) groups is 1. The van der Waals surface area contributed by atoms with Gasteiger partial charge in [-0.1, -0.05) is 48.2 Å². The minimum Gasteiger partial charge on any atom is -0.504 e. The van der Waals surface area contributed by atoms with Crippen molar-refractivity contribution in [3.05, 3.63) is 58.5 Å². The number of para-hydroxylation sites is 1. The monoisotopic (exact) mass is 357 g/mol. The lowest BCUT2D eigenvalue weighted by atomic mass is 10.1. The number of carbonyl (C=O) groups excluding carboxylic acids is 1. The van der Waals surface area contributed by atoms with Gasteiger partial charge in [-0.05, 0) is 42.3 Å². The van der Waals surface area contributed by atoms with E-state index in [1.165, 1.54) is 24.9 Å². The molecule has 1 amide bonds. The highest BCUT2D eigenvalue weighted by atomic mass is 32.2. The molecule has 6 heteroatoms. The van der Waals surface area contributed by atoms with Crippen LogP contribution in [0.25, 0.3) is 6.08 Å². The number of nitrogens with zero attached hydrogens (tertiary/aromatic N) is 1. The first kappa shape index (κ1) is 16.5. The van der Waals surface area contributed by atoms with Crippen molar-refractivity contribution < 1.29 is 14.6 Å². The Morgan fingerprint density at radius 2 is 2.00 bits per heavy atom. The quantitative estimate of drug-likeness (QED) is 0.662. The molecule has 1 heterocycles. The van der Waals surface area contributed by atoms with Gasteiger partial charge in [0.15, 0.2) is 15.8 Å². The van der Waals surface area contributed by atoms with Crippen LogP contribution < -0.4 is 9.64 Å². The van der Waals surface area contributed by atoms with E-state index in [9.17, 15) is 9.90 Å². The minimum atomic E-state index is -0.147. The zero-order chi connectivity index (χ0) is 17.3. The number of aromatic hydroxyl groups is 1. The lowest BCUT2D eigenvalue weighted by molar-refractivity contribution is -0.113. The fourth-order valence-corrected chi connectivity index (χ4v) is 3.71. The molecule has 0 radical (unpaired) electrons. The molecule has 4 nitrogen and oxygen atoms in total. The molecule has 0 aliphatic carbocycles. The number of phenols is 1. The maximum absolute atomic E-state index is 12.8. The number of hydrogen-bond acceptors (Lipinski definition) is 5. The molecule has 2 aromatic rings. The molecule has 24 heavy (non-hydrogen) atoms. The summed E-state index contributed by atoms with van der Waals surface area (Å²) in [6.45, 7) is 1.95. The molecule has 2 aromatic carbocycles. The lowest BCUT2D eigenvalue weighted by Gasteiger charge is -2.16. The van der Waals surface area contributed by atoms with E-state index in [-0.39, 0.29) is 11.7 Å².